The van der Waals surface area contributed by atoms with E-state index >= 15 is 0 Å². The summed E-state index contributed by atoms with van der Waals surface area (Å²) in [6.45, 7) is 0. The lowest BCUT2D eigenvalue weighted by Crippen LogP contribution is -2.32. The van der Waals surface area contributed by atoms with Gasteiger partial charge in [0.05, 0.1) is 17.5 Å². The monoisotopic (exact) mass is 288 g/mol. The number of rotatable bonds is 3. The van der Waals surface area contributed by atoms with E-state index < -0.39 is 5.91 Å². The number of nitrogens with two attached hydrogens (primary N) is 1. The van der Waals surface area contributed by atoms with Crippen molar-refractivity contribution in [3.63, 3.8) is 0 Å². The van der Waals surface area contributed by atoms with Gasteiger partial charge in [0, 0.05) is 17.6 Å². The fraction of sp³-hybridized carbons (Fsp3) is 0.385. The zero-order valence-corrected chi connectivity index (χ0v) is 11.4. The summed E-state index contributed by atoms with van der Waals surface area (Å²) in [6.07, 6.45) is 6.38. The highest BCUT2D eigenvalue weighted by Gasteiger charge is 2.19. The molecule has 1 aliphatic rings. The molecule has 0 radical (unpaired) electrons. The van der Waals surface area contributed by atoms with E-state index in [1.54, 1.807) is 17.1 Å². The summed E-state index contributed by atoms with van der Waals surface area (Å²) in [5, 5.41) is 17.0. The third-order valence-corrected chi connectivity index (χ3v) is 3.70. The molecule has 1 fully saturated rings. The van der Waals surface area contributed by atoms with Crippen LogP contribution in [0.4, 0.5) is 0 Å². The number of oxime groups is 1. The fourth-order valence-corrected chi connectivity index (χ4v) is 2.50. The van der Waals surface area contributed by atoms with Crippen LogP contribution in [-0.2, 0) is 0 Å². The molecular formula is C13H16N6O2. The van der Waals surface area contributed by atoms with Crippen LogP contribution in [0, 0.1) is 0 Å². The summed E-state index contributed by atoms with van der Waals surface area (Å²) in [6, 6.07) is 1.92. The van der Waals surface area contributed by atoms with Crippen molar-refractivity contribution in [2.24, 2.45) is 10.9 Å². The van der Waals surface area contributed by atoms with E-state index in [-0.39, 0.29) is 6.04 Å². The Morgan fingerprint density at radius 1 is 1.43 bits per heavy atom. The van der Waals surface area contributed by atoms with Crippen molar-refractivity contribution in [1.29, 1.82) is 0 Å². The maximum Gasteiger partial charge on any atom is 0.250 e. The van der Waals surface area contributed by atoms with Crippen LogP contribution in [0.2, 0.25) is 0 Å². The van der Waals surface area contributed by atoms with E-state index in [0.29, 0.717) is 11.2 Å². The number of hydrogen-bond donors (Lipinski definition) is 3. The number of carbonyl (C=O) groups excluding carboxylic acids is 1. The molecule has 8 heteroatoms. The Kier molecular flexibility index (Phi) is 3.43. The van der Waals surface area contributed by atoms with Crippen LogP contribution in [0.3, 0.4) is 0 Å². The molecule has 8 nitrogen and oxygen atoms in total. The van der Waals surface area contributed by atoms with Gasteiger partial charge in [-0.15, -0.1) is 0 Å². The minimum Gasteiger partial charge on any atom is -0.411 e. The number of aromatic nitrogens is 3. The molecule has 0 unspecified atom stereocenters. The zero-order valence-electron chi connectivity index (χ0n) is 11.4. The maximum absolute atomic E-state index is 11.1. The van der Waals surface area contributed by atoms with Gasteiger partial charge in [-0.25, -0.2) is 4.98 Å². The normalized spacial score (nSPS) is 18.7. The lowest BCUT2D eigenvalue weighted by atomic mass is 9.94. The Labute approximate surface area is 120 Å². The molecule has 21 heavy (non-hydrogen) atoms. The van der Waals surface area contributed by atoms with Crippen molar-refractivity contribution in [3.05, 3.63) is 24.0 Å². The summed E-state index contributed by atoms with van der Waals surface area (Å²) in [4.78, 5) is 17.0. The van der Waals surface area contributed by atoms with Gasteiger partial charge < -0.3 is 16.4 Å². The van der Waals surface area contributed by atoms with E-state index in [9.17, 15) is 4.79 Å². The Hall–Kier alpha value is -2.64. The summed E-state index contributed by atoms with van der Waals surface area (Å²) in [7, 11) is 0. The quantitative estimate of drug-likeness (QED) is 0.571. The van der Waals surface area contributed by atoms with Crippen LogP contribution in [0.25, 0.3) is 11.0 Å². The molecule has 4 N–H and O–H groups in total. The molecule has 0 spiro atoms. The summed E-state index contributed by atoms with van der Waals surface area (Å²) in [5.41, 5.74) is 10.4. The lowest BCUT2D eigenvalue weighted by molar-refractivity contribution is 0.1000. The minimum atomic E-state index is -0.506. The van der Waals surface area contributed by atoms with Gasteiger partial charge in [0.25, 0.3) is 0 Å². The molecule has 0 bridgehead atoms. The zero-order chi connectivity index (χ0) is 14.8. The van der Waals surface area contributed by atoms with Gasteiger partial charge in [0.2, 0.25) is 5.91 Å². The number of amides is 1. The molecule has 2 aromatic rings. The molecule has 2 heterocycles. The predicted octanol–water partition coefficient (Wildman–Crippen LogP) is 0.846. The summed E-state index contributed by atoms with van der Waals surface area (Å²) in [5.74, 6) is -0.506. The smallest absolute Gasteiger partial charge is 0.250 e. The van der Waals surface area contributed by atoms with E-state index in [2.05, 4.69) is 20.7 Å². The van der Waals surface area contributed by atoms with Crippen LogP contribution >= 0.6 is 0 Å². The average Bonchev–Trinajstić information content (AvgIpc) is 2.90. The molecule has 1 saturated carbocycles. The van der Waals surface area contributed by atoms with Crippen molar-refractivity contribution in [1.82, 2.24) is 14.9 Å². The highest BCUT2D eigenvalue weighted by atomic mass is 16.4. The van der Waals surface area contributed by atoms with Gasteiger partial charge >= 0.3 is 0 Å². The Morgan fingerprint density at radius 2 is 2.19 bits per heavy atom. The summed E-state index contributed by atoms with van der Waals surface area (Å²) < 4.78 is 0. The number of pyridine rings is 1. The van der Waals surface area contributed by atoms with Crippen molar-refractivity contribution in [3.8, 4) is 0 Å². The second-order valence-electron chi connectivity index (χ2n) is 5.13. The third-order valence-electron chi connectivity index (χ3n) is 3.70. The first-order valence-electron chi connectivity index (χ1n) is 6.77. The molecule has 110 valence electrons. The molecule has 1 aliphatic carbocycles. The van der Waals surface area contributed by atoms with Crippen LogP contribution < -0.4 is 11.2 Å². The topological polar surface area (TPSA) is 118 Å². The van der Waals surface area contributed by atoms with Gasteiger partial charge in [-0.1, -0.05) is 5.16 Å². The van der Waals surface area contributed by atoms with Gasteiger partial charge in [0.15, 0.2) is 5.65 Å². The van der Waals surface area contributed by atoms with Gasteiger partial charge in [-0.2, -0.15) is 9.89 Å². The molecule has 0 saturated heterocycles. The van der Waals surface area contributed by atoms with Crippen molar-refractivity contribution in [2.45, 2.75) is 31.7 Å². The highest BCUT2D eigenvalue weighted by Crippen LogP contribution is 2.18. The fourth-order valence-electron chi connectivity index (χ4n) is 2.50. The van der Waals surface area contributed by atoms with Crippen molar-refractivity contribution < 1.29 is 10.0 Å². The maximum atomic E-state index is 11.1. The molecule has 2 aromatic heterocycles. The van der Waals surface area contributed by atoms with E-state index in [1.165, 1.54) is 6.20 Å². The average molecular weight is 288 g/mol. The number of nitrogens with one attached hydrogen (secondary N) is 1. The molecule has 0 aromatic carbocycles. The Balaban J connectivity index is 1.77. The number of hydrogen-bond acceptors (Lipinski definition) is 6. The van der Waals surface area contributed by atoms with Crippen LogP contribution in [0.5, 0.6) is 0 Å². The standard InChI is InChI=1S/C13H16N6O2/c14-12(20)8-5-9-7-16-19(13(9)15-6-8)17-10-1-3-11(18-21)4-2-10/h5-7,10,17,21H,1-4H2,(H2,14,20). The number of fused-ring (bicyclic) bond motifs is 1. The van der Waals surface area contributed by atoms with Crippen molar-refractivity contribution >= 4 is 22.7 Å². The van der Waals surface area contributed by atoms with Crippen LogP contribution in [0.15, 0.2) is 23.6 Å². The van der Waals surface area contributed by atoms with Crippen LogP contribution in [-0.4, -0.2) is 37.7 Å². The molecule has 1 amide bonds. The second-order valence-corrected chi connectivity index (χ2v) is 5.13. The van der Waals surface area contributed by atoms with Gasteiger partial charge in [0.1, 0.15) is 0 Å². The third kappa shape index (κ3) is 2.64. The highest BCUT2D eigenvalue weighted by molar-refractivity contribution is 5.95. The first-order valence-corrected chi connectivity index (χ1v) is 6.77. The largest absolute Gasteiger partial charge is 0.411 e. The van der Waals surface area contributed by atoms with Gasteiger partial charge in [-0.05, 0) is 31.7 Å². The second kappa shape index (κ2) is 5.39. The van der Waals surface area contributed by atoms with Gasteiger partial charge in [-0.3, -0.25) is 4.79 Å². The Bertz CT molecular complexity index is 698. The summed E-state index contributed by atoms with van der Waals surface area (Å²) >= 11 is 0. The van der Waals surface area contributed by atoms with E-state index in [4.69, 9.17) is 10.9 Å². The minimum absolute atomic E-state index is 0.246. The van der Waals surface area contributed by atoms with Crippen LogP contribution in [0.1, 0.15) is 36.0 Å². The first-order chi connectivity index (χ1) is 10.2. The van der Waals surface area contributed by atoms with Crippen molar-refractivity contribution in [2.75, 3.05) is 5.43 Å². The predicted molar refractivity (Wildman–Crippen MR) is 76.9 cm³/mol. The molecule has 0 atom stereocenters. The molecular weight excluding hydrogens is 272 g/mol. The lowest BCUT2D eigenvalue weighted by Gasteiger charge is -2.24. The number of primary amides is 1. The first kappa shape index (κ1) is 13.3. The molecule has 0 aliphatic heterocycles. The SMILES string of the molecule is NC(=O)c1cnc2c(cnn2NC2CCC(=NO)CC2)c1. The number of carbonyl (C=O) groups is 1. The number of nitrogens with zero attached hydrogens (tertiary/aromatic N) is 4. The van der Waals surface area contributed by atoms with E-state index in [1.807, 2.05) is 0 Å². The Morgan fingerprint density at radius 3 is 2.86 bits per heavy atom. The molecule has 3 rings (SSSR count). The van der Waals surface area contributed by atoms with E-state index in [0.717, 1.165) is 36.8 Å².